The standard InChI is InChI=1S/C20H30N2O5/c1-26-18-4-3-14(9-19(18)27-2)20(25)22-11-15(16(12-22)13-23)10-21-7-5-17(24)6-8-21/h3-4,9,15-17,23-24H,5-8,10-13H2,1-2H3/t15-,16-/m0/s1. The van der Waals surface area contributed by atoms with Crippen molar-refractivity contribution in [2.75, 3.05) is 53.6 Å². The summed E-state index contributed by atoms with van der Waals surface area (Å²) in [6.45, 7) is 3.88. The molecule has 2 atom stereocenters. The number of rotatable bonds is 6. The van der Waals surface area contributed by atoms with E-state index in [4.69, 9.17) is 9.47 Å². The number of carbonyl (C=O) groups is 1. The first-order valence-corrected chi connectivity index (χ1v) is 9.58. The van der Waals surface area contributed by atoms with Gasteiger partial charge in [0, 0.05) is 50.8 Å². The number of aliphatic hydroxyl groups excluding tert-OH is 2. The summed E-state index contributed by atoms with van der Waals surface area (Å²) < 4.78 is 10.5. The lowest BCUT2D eigenvalue weighted by molar-refractivity contribution is 0.0679. The molecule has 1 aromatic carbocycles. The Labute approximate surface area is 160 Å². The van der Waals surface area contributed by atoms with E-state index in [-0.39, 0.29) is 30.5 Å². The predicted molar refractivity (Wildman–Crippen MR) is 101 cm³/mol. The highest BCUT2D eigenvalue weighted by Gasteiger charge is 2.36. The van der Waals surface area contributed by atoms with Gasteiger partial charge >= 0.3 is 0 Å². The van der Waals surface area contributed by atoms with Crippen LogP contribution in [0.1, 0.15) is 23.2 Å². The highest BCUT2D eigenvalue weighted by atomic mass is 16.5. The molecule has 2 fully saturated rings. The van der Waals surface area contributed by atoms with Crippen molar-refractivity contribution in [2.24, 2.45) is 11.8 Å². The topological polar surface area (TPSA) is 82.5 Å². The first-order valence-electron chi connectivity index (χ1n) is 9.58. The smallest absolute Gasteiger partial charge is 0.254 e. The molecule has 1 aromatic rings. The average molecular weight is 378 g/mol. The molecule has 0 aliphatic carbocycles. The summed E-state index contributed by atoms with van der Waals surface area (Å²) in [5.74, 6) is 1.40. The third kappa shape index (κ3) is 4.54. The number of benzene rings is 1. The van der Waals surface area contributed by atoms with Crippen molar-refractivity contribution in [3.8, 4) is 11.5 Å². The number of ether oxygens (including phenoxy) is 2. The van der Waals surface area contributed by atoms with Crippen molar-refractivity contribution < 1.29 is 24.5 Å². The minimum atomic E-state index is -0.193. The molecule has 2 N–H and O–H groups in total. The van der Waals surface area contributed by atoms with Crippen LogP contribution in [0.2, 0.25) is 0 Å². The molecule has 7 nitrogen and oxygen atoms in total. The van der Waals surface area contributed by atoms with E-state index in [1.807, 2.05) is 4.90 Å². The van der Waals surface area contributed by atoms with E-state index >= 15 is 0 Å². The van der Waals surface area contributed by atoms with E-state index in [2.05, 4.69) is 4.90 Å². The van der Waals surface area contributed by atoms with Crippen LogP contribution in [0.4, 0.5) is 0 Å². The number of likely N-dealkylation sites (tertiary alicyclic amines) is 2. The molecule has 0 saturated carbocycles. The van der Waals surface area contributed by atoms with E-state index in [0.717, 1.165) is 32.5 Å². The van der Waals surface area contributed by atoms with Crippen LogP contribution in [0.15, 0.2) is 18.2 Å². The largest absolute Gasteiger partial charge is 0.493 e. The van der Waals surface area contributed by atoms with Gasteiger partial charge in [-0.15, -0.1) is 0 Å². The number of methoxy groups -OCH3 is 2. The highest BCUT2D eigenvalue weighted by molar-refractivity contribution is 5.95. The highest BCUT2D eigenvalue weighted by Crippen LogP contribution is 2.30. The molecule has 0 unspecified atom stereocenters. The summed E-state index contributed by atoms with van der Waals surface area (Å²) in [6.07, 6.45) is 1.40. The van der Waals surface area contributed by atoms with Crippen molar-refractivity contribution >= 4 is 5.91 Å². The third-order valence-electron chi connectivity index (χ3n) is 5.78. The molecule has 1 amide bonds. The number of carbonyl (C=O) groups excluding carboxylic acids is 1. The molecule has 150 valence electrons. The van der Waals surface area contributed by atoms with E-state index in [1.54, 1.807) is 32.4 Å². The number of piperidine rings is 1. The van der Waals surface area contributed by atoms with Crippen molar-refractivity contribution in [1.82, 2.24) is 9.80 Å². The van der Waals surface area contributed by atoms with Crippen molar-refractivity contribution in [3.63, 3.8) is 0 Å². The van der Waals surface area contributed by atoms with Crippen molar-refractivity contribution in [2.45, 2.75) is 18.9 Å². The summed E-state index contributed by atoms with van der Waals surface area (Å²) in [7, 11) is 3.12. The Balaban J connectivity index is 1.66. The van der Waals surface area contributed by atoms with Crippen LogP contribution in [0.25, 0.3) is 0 Å². The molecule has 2 aliphatic heterocycles. The van der Waals surface area contributed by atoms with Gasteiger partial charge < -0.3 is 29.5 Å². The molecule has 0 aromatic heterocycles. The predicted octanol–water partition coefficient (Wildman–Crippen LogP) is 0.841. The van der Waals surface area contributed by atoms with E-state index < -0.39 is 0 Å². The van der Waals surface area contributed by atoms with Gasteiger partial charge in [0.15, 0.2) is 11.5 Å². The molecule has 27 heavy (non-hydrogen) atoms. The zero-order valence-electron chi connectivity index (χ0n) is 16.1. The van der Waals surface area contributed by atoms with E-state index in [9.17, 15) is 15.0 Å². The zero-order chi connectivity index (χ0) is 19.4. The van der Waals surface area contributed by atoms with E-state index in [0.29, 0.717) is 30.2 Å². The Morgan fingerprint density at radius 1 is 1.11 bits per heavy atom. The van der Waals surface area contributed by atoms with E-state index in [1.165, 1.54) is 0 Å². The molecular weight excluding hydrogens is 348 g/mol. The lowest BCUT2D eigenvalue weighted by atomic mass is 9.95. The summed E-state index contributed by atoms with van der Waals surface area (Å²) in [4.78, 5) is 17.1. The normalized spacial score (nSPS) is 24.2. The van der Waals surface area contributed by atoms with Crippen LogP contribution in [-0.4, -0.2) is 85.6 Å². The Hall–Kier alpha value is -1.83. The van der Waals surface area contributed by atoms with Crippen molar-refractivity contribution in [3.05, 3.63) is 23.8 Å². The molecule has 2 aliphatic rings. The lowest BCUT2D eigenvalue weighted by Crippen LogP contribution is -2.40. The molecule has 2 saturated heterocycles. The van der Waals surface area contributed by atoms with Gasteiger partial charge in [-0.2, -0.15) is 0 Å². The number of aliphatic hydroxyl groups is 2. The lowest BCUT2D eigenvalue weighted by Gasteiger charge is -2.32. The van der Waals surface area contributed by atoms with Gasteiger partial charge in [-0.1, -0.05) is 0 Å². The Morgan fingerprint density at radius 2 is 1.78 bits per heavy atom. The van der Waals surface area contributed by atoms with Crippen LogP contribution in [-0.2, 0) is 0 Å². The number of nitrogens with zero attached hydrogens (tertiary/aromatic N) is 2. The third-order valence-corrected chi connectivity index (χ3v) is 5.78. The second kappa shape index (κ2) is 8.91. The Bertz CT molecular complexity index is 645. The van der Waals surface area contributed by atoms with Gasteiger partial charge in [0.05, 0.1) is 20.3 Å². The summed E-state index contributed by atoms with van der Waals surface area (Å²) in [5, 5.41) is 19.5. The number of amides is 1. The minimum Gasteiger partial charge on any atom is -0.493 e. The van der Waals surface area contributed by atoms with Crippen LogP contribution >= 0.6 is 0 Å². The quantitative estimate of drug-likeness (QED) is 0.763. The SMILES string of the molecule is COc1ccc(C(=O)N2C[C@@H](CO)[C@@H](CN3CCC(O)CC3)C2)cc1OC. The minimum absolute atomic E-state index is 0.0500. The van der Waals surface area contributed by atoms with Crippen LogP contribution in [0.5, 0.6) is 11.5 Å². The molecule has 0 radical (unpaired) electrons. The first-order chi connectivity index (χ1) is 13.0. The Morgan fingerprint density at radius 3 is 2.41 bits per heavy atom. The summed E-state index contributed by atoms with van der Waals surface area (Å²) in [6, 6.07) is 5.19. The second-order valence-electron chi connectivity index (χ2n) is 7.51. The number of hydrogen-bond donors (Lipinski definition) is 2. The van der Waals surface area contributed by atoms with Gasteiger partial charge in [-0.25, -0.2) is 0 Å². The fraction of sp³-hybridized carbons (Fsp3) is 0.650. The maximum atomic E-state index is 13.0. The van der Waals surface area contributed by atoms with Crippen LogP contribution in [0, 0.1) is 11.8 Å². The summed E-state index contributed by atoms with van der Waals surface area (Å²) >= 11 is 0. The summed E-state index contributed by atoms with van der Waals surface area (Å²) in [5.41, 5.74) is 0.561. The Kier molecular flexibility index (Phi) is 6.57. The monoisotopic (exact) mass is 378 g/mol. The average Bonchev–Trinajstić information content (AvgIpc) is 3.11. The first kappa shape index (κ1) is 19.9. The van der Waals surface area contributed by atoms with Crippen LogP contribution < -0.4 is 9.47 Å². The molecule has 7 heteroatoms. The van der Waals surface area contributed by atoms with Gasteiger partial charge in [0.25, 0.3) is 5.91 Å². The maximum absolute atomic E-state index is 13.0. The van der Waals surface area contributed by atoms with Crippen LogP contribution in [0.3, 0.4) is 0 Å². The van der Waals surface area contributed by atoms with Crippen molar-refractivity contribution in [1.29, 1.82) is 0 Å². The van der Waals surface area contributed by atoms with Gasteiger partial charge in [-0.05, 0) is 37.0 Å². The molecular formula is C20H30N2O5. The fourth-order valence-electron chi connectivity index (χ4n) is 4.10. The molecule has 3 rings (SSSR count). The molecule has 0 bridgehead atoms. The second-order valence-corrected chi connectivity index (χ2v) is 7.51. The van der Waals surface area contributed by atoms with Gasteiger partial charge in [0.2, 0.25) is 0 Å². The number of hydrogen-bond acceptors (Lipinski definition) is 6. The maximum Gasteiger partial charge on any atom is 0.254 e. The van der Waals surface area contributed by atoms with Gasteiger partial charge in [0.1, 0.15) is 0 Å². The van der Waals surface area contributed by atoms with Gasteiger partial charge in [-0.3, -0.25) is 4.79 Å². The molecule has 0 spiro atoms. The zero-order valence-corrected chi connectivity index (χ0v) is 16.1. The molecule has 2 heterocycles. The fourth-order valence-corrected chi connectivity index (χ4v) is 4.10.